The second-order valence-corrected chi connectivity index (χ2v) is 21.8. The number of phosphoric ester groups is 2. The Morgan fingerprint density at radius 3 is 2.04 bits per heavy atom. The minimum absolute atomic E-state index is 0.0134. The molecular formula is C54H83N3O18P2. The number of carbonyl (C=O) groups excluding carboxylic acids is 3. The van der Waals surface area contributed by atoms with Gasteiger partial charge in [-0.25, -0.2) is 13.9 Å². The molecule has 0 saturated carbocycles. The number of rotatable bonds is 23. The molecule has 23 heteroatoms. The maximum absolute atomic E-state index is 14.3. The van der Waals surface area contributed by atoms with Crippen molar-refractivity contribution in [2.75, 3.05) is 25.6 Å². The highest BCUT2D eigenvalue weighted by molar-refractivity contribution is 7.61. The van der Waals surface area contributed by atoms with Gasteiger partial charge in [-0.05, 0) is 70.3 Å². The van der Waals surface area contributed by atoms with Gasteiger partial charge in [0, 0.05) is 31.4 Å². The van der Waals surface area contributed by atoms with Gasteiger partial charge in [0.2, 0.25) is 0 Å². The summed E-state index contributed by atoms with van der Waals surface area (Å²) >= 11 is 0. The van der Waals surface area contributed by atoms with Crippen LogP contribution in [0.25, 0.3) is 0 Å². The van der Waals surface area contributed by atoms with E-state index in [2.05, 4.69) is 64.8 Å². The van der Waals surface area contributed by atoms with Gasteiger partial charge in [0.05, 0.1) is 37.4 Å². The number of unbranched alkanes of at least 4 members (excludes halogenated alkanes) is 2. The monoisotopic (exact) mass is 1120 g/mol. The molecule has 0 aromatic carbocycles. The number of hydrogen-bond donors (Lipinski definition) is 7. The van der Waals surface area contributed by atoms with E-state index >= 15 is 0 Å². The van der Waals surface area contributed by atoms with E-state index in [1.54, 1.807) is 0 Å². The molecule has 8 N–H and O–H groups in total. The van der Waals surface area contributed by atoms with Crippen LogP contribution in [0.1, 0.15) is 142 Å². The molecule has 0 radical (unpaired) electrons. The van der Waals surface area contributed by atoms with Crippen LogP contribution >= 0.6 is 15.6 Å². The molecule has 21 nitrogen and oxygen atoms in total. The van der Waals surface area contributed by atoms with Gasteiger partial charge in [-0.2, -0.15) is 9.29 Å². The van der Waals surface area contributed by atoms with Gasteiger partial charge in [0.1, 0.15) is 36.6 Å². The number of nitrogen functional groups attached to an aromatic ring is 1. The molecule has 1 aromatic heterocycles. The highest BCUT2D eigenvalue weighted by atomic mass is 31.3. The molecule has 2 unspecified atom stereocenters. The third-order valence-electron chi connectivity index (χ3n) is 12.4. The van der Waals surface area contributed by atoms with E-state index in [9.17, 15) is 58.5 Å². The SMILES string of the molecule is CC/C=C\C/C=C\C/C=C\C/C=C\C/C=C\C/C=C\CCC(=O)OC[C@@H]1COP(=O)(O)OP(=O)(O)OC[C@H]2O[C@@H](n3ccc(N)nc3=O)[C@@H](CCCCCCC(=O)O1)C(=O)C[C@@H](O)[C@H](/C=C\[C@@H](O)CCCCC)[C@H](O)[C@@H]2O. The minimum atomic E-state index is -5.73. The number of anilines is 1. The molecule has 2 saturated heterocycles. The topological polar surface area (TPSA) is 323 Å². The lowest BCUT2D eigenvalue weighted by Crippen LogP contribution is -2.51. The zero-order valence-corrected chi connectivity index (χ0v) is 46.2. The summed E-state index contributed by atoms with van der Waals surface area (Å²) in [5.41, 5.74) is 4.75. The Kier molecular flexibility index (Phi) is 32.5. The van der Waals surface area contributed by atoms with Gasteiger partial charge in [-0.15, -0.1) is 0 Å². The molecule has 11 atom stereocenters. The summed E-state index contributed by atoms with van der Waals surface area (Å²) in [5, 5.41) is 45.5. The van der Waals surface area contributed by atoms with Crippen LogP contribution in [0.15, 0.2) is 102 Å². The van der Waals surface area contributed by atoms with Crippen molar-refractivity contribution in [3.63, 3.8) is 0 Å². The second-order valence-electron chi connectivity index (χ2n) is 18.8. The number of ether oxygens (including phenoxy) is 3. The molecular weight excluding hydrogens is 1040 g/mol. The number of Topliss-reactive ketones (excluding diaryl/α,β-unsaturated/α-hetero) is 1. The number of nitrogens with zero attached hydrogens (tertiary/aromatic N) is 2. The van der Waals surface area contributed by atoms with Crippen LogP contribution in [0, 0.1) is 11.8 Å². The number of carbonyl (C=O) groups is 3. The van der Waals surface area contributed by atoms with Crippen LogP contribution in [0.5, 0.6) is 0 Å². The Morgan fingerprint density at radius 1 is 0.831 bits per heavy atom. The van der Waals surface area contributed by atoms with Gasteiger partial charge >= 0.3 is 33.3 Å². The predicted molar refractivity (Wildman–Crippen MR) is 289 cm³/mol. The highest BCUT2D eigenvalue weighted by Crippen LogP contribution is 2.60. The summed E-state index contributed by atoms with van der Waals surface area (Å²) in [5.74, 6) is -5.06. The fourth-order valence-electron chi connectivity index (χ4n) is 8.17. The first-order chi connectivity index (χ1) is 36.9. The average Bonchev–Trinajstić information content (AvgIpc) is 3.37. The molecule has 0 aliphatic carbocycles. The van der Waals surface area contributed by atoms with Crippen molar-refractivity contribution in [1.82, 2.24) is 9.55 Å². The van der Waals surface area contributed by atoms with E-state index in [0.29, 0.717) is 38.5 Å². The number of cyclic esters (lactones) is 1. The summed E-state index contributed by atoms with van der Waals surface area (Å²) in [4.78, 5) is 78.4. The van der Waals surface area contributed by atoms with Crippen molar-refractivity contribution >= 4 is 39.2 Å². The first-order valence-electron chi connectivity index (χ1n) is 26.7. The third kappa shape index (κ3) is 27.8. The van der Waals surface area contributed by atoms with E-state index in [-0.39, 0.29) is 37.9 Å². The Hall–Kier alpha value is -4.47. The number of nitrogens with two attached hydrogens (primary N) is 1. The molecule has 432 valence electrons. The number of esters is 2. The molecule has 3 heterocycles. The molecule has 0 amide bonds. The molecule has 0 spiro atoms. The Labute approximate surface area is 452 Å². The van der Waals surface area contributed by atoms with Crippen LogP contribution in [0.3, 0.4) is 0 Å². The van der Waals surface area contributed by atoms with Gasteiger partial charge in [-0.3, -0.25) is 28.0 Å². The lowest BCUT2D eigenvalue weighted by atomic mass is 9.83. The van der Waals surface area contributed by atoms with Gasteiger partial charge in [0.25, 0.3) is 0 Å². The highest BCUT2D eigenvalue weighted by Gasteiger charge is 2.45. The van der Waals surface area contributed by atoms with E-state index < -0.39 is 120 Å². The molecule has 2 bridgehead atoms. The molecule has 77 heavy (non-hydrogen) atoms. The van der Waals surface area contributed by atoms with Crippen molar-refractivity contribution in [3.8, 4) is 0 Å². The zero-order valence-electron chi connectivity index (χ0n) is 44.4. The maximum Gasteiger partial charge on any atom is 0.481 e. The predicted octanol–water partition coefficient (Wildman–Crippen LogP) is 8.03. The lowest BCUT2D eigenvalue weighted by Gasteiger charge is -2.38. The Balaban J connectivity index is 1.73. The van der Waals surface area contributed by atoms with Crippen LogP contribution in [-0.4, -0.2) is 114 Å². The van der Waals surface area contributed by atoms with E-state index in [4.69, 9.17) is 29.0 Å². The number of aliphatic hydroxyl groups is 4. The molecule has 1 aromatic rings. The summed E-state index contributed by atoms with van der Waals surface area (Å²) in [6.45, 7) is 1.30. The summed E-state index contributed by atoms with van der Waals surface area (Å²) in [6.07, 6.45) is 25.3. The smallest absolute Gasteiger partial charge is 0.462 e. The Morgan fingerprint density at radius 2 is 1.43 bits per heavy atom. The van der Waals surface area contributed by atoms with Crippen molar-refractivity contribution in [2.24, 2.45) is 11.8 Å². The number of aliphatic hydroxyl groups excluding tert-OH is 4. The first kappa shape index (κ1) is 66.8. The fourth-order valence-corrected chi connectivity index (χ4v) is 10.3. The summed E-state index contributed by atoms with van der Waals surface area (Å²) < 4.78 is 58.8. The zero-order chi connectivity index (χ0) is 56.5. The van der Waals surface area contributed by atoms with Gasteiger partial charge in [0.15, 0.2) is 6.10 Å². The number of hydrogen-bond acceptors (Lipinski definition) is 18. The van der Waals surface area contributed by atoms with Crippen LogP contribution in [0.4, 0.5) is 5.82 Å². The number of phosphoric acid groups is 2. The first-order valence-corrected chi connectivity index (χ1v) is 29.7. The van der Waals surface area contributed by atoms with E-state index in [1.165, 1.54) is 18.2 Å². The summed E-state index contributed by atoms with van der Waals surface area (Å²) in [7, 11) is -11.3. The van der Waals surface area contributed by atoms with Gasteiger partial charge < -0.3 is 50.2 Å². The van der Waals surface area contributed by atoms with Crippen molar-refractivity contribution in [2.45, 2.75) is 179 Å². The van der Waals surface area contributed by atoms with E-state index in [0.717, 1.165) is 55.7 Å². The number of aromatic nitrogens is 2. The number of allylic oxidation sites excluding steroid dienone is 12. The van der Waals surface area contributed by atoms with Crippen molar-refractivity contribution < 1.29 is 81.3 Å². The standard InChI is InChI=1S/C54H83N3O18P2/c1-3-5-7-8-9-10-11-12-13-14-15-16-17-18-19-20-21-22-27-31-49(61)70-38-42-39-71-76(66,67)75-77(68,69)72-40-47-52(64)51(63)43(34-33-41(58)29-25-6-4-2)45(59)37-46(60)44(30-26-23-24-28-32-50(62)73-42)53(74-47)57-36-35-48(55)56-54(57)65/h5,7,9-10,12-13,15-16,18-19,21-22,33-36,41-45,47,51-53,58-59,63-64H,3-4,6,8,11,14,17,20,23-32,37-40H2,1-2H3,(H,66,67)(H,68,69)(H2,55,56,65)/b7-5-,10-9-,13-12-,16-15-,19-18-,22-21-,34-33-/t41-,42+,43-,44-,45+,47+,51-,52+,53+/m0/s1. The van der Waals surface area contributed by atoms with Crippen LogP contribution in [0.2, 0.25) is 0 Å². The lowest BCUT2D eigenvalue weighted by molar-refractivity contribution is -0.184. The molecule has 2 aliphatic rings. The largest absolute Gasteiger partial charge is 0.481 e. The normalized spacial score (nSPS) is 28.9. The van der Waals surface area contributed by atoms with Crippen LogP contribution in [-0.2, 0) is 51.1 Å². The fraction of sp³-hybridized carbons (Fsp3) is 0.611. The number of ketones is 1. The summed E-state index contributed by atoms with van der Waals surface area (Å²) in [6, 6.07) is 1.23. The van der Waals surface area contributed by atoms with Crippen LogP contribution < -0.4 is 11.4 Å². The third-order valence-corrected chi connectivity index (χ3v) is 15.0. The quantitative estimate of drug-likeness (QED) is 0.0236. The minimum Gasteiger partial charge on any atom is -0.462 e. The van der Waals surface area contributed by atoms with Crippen molar-refractivity contribution in [1.29, 1.82) is 0 Å². The van der Waals surface area contributed by atoms with E-state index in [1.807, 2.05) is 31.2 Å². The average molecular weight is 1120 g/mol. The molecule has 2 fully saturated rings. The Bertz CT molecular complexity index is 2300. The second kappa shape index (κ2) is 37.4. The van der Waals surface area contributed by atoms with Crippen molar-refractivity contribution in [3.05, 3.63) is 108 Å². The molecule has 3 rings (SSSR count). The maximum atomic E-state index is 14.3. The molecule has 2 aliphatic heterocycles. The number of fused-ring (bicyclic) bond motifs is 3. The van der Waals surface area contributed by atoms with Gasteiger partial charge in [-0.1, -0.05) is 137 Å².